The number of hydrogen-bond acceptors (Lipinski definition) is 4. The molecule has 2 aromatic carbocycles. The molecular weight excluding hydrogens is 316 g/mol. The van der Waals surface area contributed by atoms with Gasteiger partial charge in [0.05, 0.1) is 19.8 Å². The standard InChI is InChI=1S/C21H20O4/c1-14(10-15-4-6-16(7-5-15)21(22)24-3)18-11-17-12-19(23-2)8-9-20(17)25-13-18/h4-12H,13H2,1-3H3. The van der Waals surface area contributed by atoms with Gasteiger partial charge in [0, 0.05) is 5.56 Å². The fourth-order valence-corrected chi connectivity index (χ4v) is 2.69. The summed E-state index contributed by atoms with van der Waals surface area (Å²) < 4.78 is 15.8. The summed E-state index contributed by atoms with van der Waals surface area (Å²) in [5, 5.41) is 0. The van der Waals surface area contributed by atoms with E-state index in [1.807, 2.05) is 30.3 Å². The molecule has 25 heavy (non-hydrogen) atoms. The summed E-state index contributed by atoms with van der Waals surface area (Å²) in [6, 6.07) is 13.1. The summed E-state index contributed by atoms with van der Waals surface area (Å²) in [4.78, 5) is 11.5. The van der Waals surface area contributed by atoms with Crippen LogP contribution in [0.15, 0.2) is 53.6 Å². The monoisotopic (exact) mass is 336 g/mol. The first-order valence-electron chi connectivity index (χ1n) is 7.99. The van der Waals surface area contributed by atoms with Crippen LogP contribution in [0.3, 0.4) is 0 Å². The molecule has 0 unspecified atom stereocenters. The van der Waals surface area contributed by atoms with Crippen molar-refractivity contribution in [3.63, 3.8) is 0 Å². The van der Waals surface area contributed by atoms with E-state index in [1.165, 1.54) is 7.11 Å². The summed E-state index contributed by atoms with van der Waals surface area (Å²) in [5.41, 5.74) is 4.78. The predicted octanol–water partition coefficient (Wildman–Crippen LogP) is 4.36. The number of rotatable bonds is 4. The molecule has 0 spiro atoms. The normalized spacial score (nSPS) is 13.4. The van der Waals surface area contributed by atoms with Crippen LogP contribution in [0.2, 0.25) is 0 Å². The quantitative estimate of drug-likeness (QED) is 0.778. The van der Waals surface area contributed by atoms with E-state index in [0.29, 0.717) is 12.2 Å². The highest BCUT2D eigenvalue weighted by Crippen LogP contribution is 2.32. The van der Waals surface area contributed by atoms with E-state index < -0.39 is 0 Å². The molecule has 1 aliphatic heterocycles. The minimum atomic E-state index is -0.332. The van der Waals surface area contributed by atoms with Gasteiger partial charge < -0.3 is 14.2 Å². The van der Waals surface area contributed by atoms with Gasteiger partial charge in [-0.25, -0.2) is 4.79 Å². The second kappa shape index (κ2) is 7.26. The van der Waals surface area contributed by atoms with Crippen molar-refractivity contribution in [2.24, 2.45) is 0 Å². The zero-order valence-corrected chi connectivity index (χ0v) is 14.5. The first-order valence-corrected chi connectivity index (χ1v) is 7.99. The first kappa shape index (κ1) is 16.8. The maximum Gasteiger partial charge on any atom is 0.337 e. The van der Waals surface area contributed by atoms with Gasteiger partial charge >= 0.3 is 5.97 Å². The van der Waals surface area contributed by atoms with Crippen LogP contribution in [0.5, 0.6) is 11.5 Å². The highest BCUT2D eigenvalue weighted by molar-refractivity contribution is 5.89. The average Bonchev–Trinajstić information content (AvgIpc) is 2.67. The van der Waals surface area contributed by atoms with Crippen LogP contribution in [0.25, 0.3) is 12.2 Å². The zero-order valence-electron chi connectivity index (χ0n) is 14.5. The van der Waals surface area contributed by atoms with Crippen molar-refractivity contribution in [3.05, 3.63) is 70.3 Å². The molecule has 0 bridgehead atoms. The molecule has 1 aliphatic rings. The molecule has 3 rings (SSSR count). The molecule has 0 N–H and O–H groups in total. The minimum Gasteiger partial charge on any atom is -0.497 e. The van der Waals surface area contributed by atoms with E-state index in [1.54, 1.807) is 19.2 Å². The van der Waals surface area contributed by atoms with Gasteiger partial charge in [0.2, 0.25) is 0 Å². The molecule has 2 aromatic rings. The zero-order chi connectivity index (χ0) is 17.8. The Bertz CT molecular complexity index is 845. The molecule has 0 atom stereocenters. The lowest BCUT2D eigenvalue weighted by Gasteiger charge is -2.19. The second-order valence-corrected chi connectivity index (χ2v) is 5.80. The van der Waals surface area contributed by atoms with Crippen molar-refractivity contribution < 1.29 is 19.0 Å². The van der Waals surface area contributed by atoms with Crippen molar-refractivity contribution >= 4 is 18.1 Å². The average molecular weight is 336 g/mol. The largest absolute Gasteiger partial charge is 0.497 e. The minimum absolute atomic E-state index is 0.332. The molecular formula is C21H20O4. The molecule has 0 fully saturated rings. The number of hydrogen-bond donors (Lipinski definition) is 0. The van der Waals surface area contributed by atoms with Gasteiger partial charge in [-0.05, 0) is 60.0 Å². The maximum absolute atomic E-state index is 11.5. The highest BCUT2D eigenvalue weighted by Gasteiger charge is 2.13. The molecule has 0 aliphatic carbocycles. The van der Waals surface area contributed by atoms with Gasteiger partial charge in [-0.3, -0.25) is 0 Å². The Hall–Kier alpha value is -3.01. The molecule has 0 amide bonds. The lowest BCUT2D eigenvalue weighted by atomic mass is 9.99. The van der Waals surface area contributed by atoms with E-state index in [2.05, 4.69) is 19.1 Å². The Balaban J connectivity index is 1.84. The molecule has 0 saturated heterocycles. The first-order chi connectivity index (χ1) is 12.1. The van der Waals surface area contributed by atoms with Crippen molar-refractivity contribution in [2.75, 3.05) is 20.8 Å². The number of carbonyl (C=O) groups is 1. The lowest BCUT2D eigenvalue weighted by Crippen LogP contribution is -2.08. The fraction of sp³-hybridized carbons (Fsp3) is 0.190. The summed E-state index contributed by atoms with van der Waals surface area (Å²) in [7, 11) is 3.03. The molecule has 0 radical (unpaired) electrons. The number of carbonyl (C=O) groups excluding carboxylic acids is 1. The molecule has 128 valence electrons. The SMILES string of the molecule is COC(=O)c1ccc(C=C(C)C2=Cc3cc(OC)ccc3OC2)cc1. The van der Waals surface area contributed by atoms with Crippen molar-refractivity contribution in [3.8, 4) is 11.5 Å². The molecule has 0 aromatic heterocycles. The van der Waals surface area contributed by atoms with Gasteiger partial charge in [-0.15, -0.1) is 0 Å². The van der Waals surface area contributed by atoms with Crippen molar-refractivity contribution in [1.82, 2.24) is 0 Å². The highest BCUT2D eigenvalue weighted by atomic mass is 16.5. The van der Waals surface area contributed by atoms with E-state index >= 15 is 0 Å². The van der Waals surface area contributed by atoms with Crippen LogP contribution in [-0.4, -0.2) is 26.8 Å². The second-order valence-electron chi connectivity index (χ2n) is 5.80. The van der Waals surface area contributed by atoms with E-state index in [9.17, 15) is 4.79 Å². The third-order valence-corrected chi connectivity index (χ3v) is 4.15. The molecule has 4 nitrogen and oxygen atoms in total. The van der Waals surface area contributed by atoms with Crippen LogP contribution in [0, 0.1) is 0 Å². The summed E-state index contributed by atoms with van der Waals surface area (Å²) in [6.07, 6.45) is 4.19. The third kappa shape index (κ3) is 3.74. The Kier molecular flexibility index (Phi) is 4.89. The van der Waals surface area contributed by atoms with Crippen molar-refractivity contribution in [1.29, 1.82) is 0 Å². The molecule has 4 heteroatoms. The van der Waals surface area contributed by atoms with Crippen LogP contribution in [0.4, 0.5) is 0 Å². The van der Waals surface area contributed by atoms with Gasteiger partial charge in [0.1, 0.15) is 18.1 Å². The van der Waals surface area contributed by atoms with Gasteiger partial charge in [0.15, 0.2) is 0 Å². The predicted molar refractivity (Wildman–Crippen MR) is 97.9 cm³/mol. The number of methoxy groups -OCH3 is 2. The van der Waals surface area contributed by atoms with Crippen LogP contribution in [0.1, 0.15) is 28.4 Å². The number of benzene rings is 2. The van der Waals surface area contributed by atoms with Crippen LogP contribution < -0.4 is 9.47 Å². The van der Waals surface area contributed by atoms with Crippen molar-refractivity contribution in [2.45, 2.75) is 6.92 Å². The fourth-order valence-electron chi connectivity index (χ4n) is 2.69. The van der Waals surface area contributed by atoms with E-state index in [-0.39, 0.29) is 5.97 Å². The maximum atomic E-state index is 11.5. The van der Waals surface area contributed by atoms with E-state index in [4.69, 9.17) is 14.2 Å². The topological polar surface area (TPSA) is 44.8 Å². The van der Waals surface area contributed by atoms with Crippen LogP contribution in [-0.2, 0) is 4.74 Å². The Morgan fingerprint density at radius 1 is 1.12 bits per heavy atom. The smallest absolute Gasteiger partial charge is 0.337 e. The Morgan fingerprint density at radius 3 is 2.56 bits per heavy atom. The van der Waals surface area contributed by atoms with Crippen LogP contribution >= 0.6 is 0 Å². The number of esters is 1. The van der Waals surface area contributed by atoms with Gasteiger partial charge in [-0.2, -0.15) is 0 Å². The summed E-state index contributed by atoms with van der Waals surface area (Å²) in [6.45, 7) is 2.58. The molecule has 0 saturated carbocycles. The van der Waals surface area contributed by atoms with Gasteiger partial charge in [-0.1, -0.05) is 18.2 Å². The van der Waals surface area contributed by atoms with E-state index in [0.717, 1.165) is 33.8 Å². The Morgan fingerprint density at radius 2 is 1.88 bits per heavy atom. The Labute approximate surface area is 147 Å². The molecule has 1 heterocycles. The summed E-state index contributed by atoms with van der Waals surface area (Å²) in [5.74, 6) is 1.33. The third-order valence-electron chi connectivity index (χ3n) is 4.15. The number of fused-ring (bicyclic) bond motifs is 1. The number of ether oxygens (including phenoxy) is 3. The summed E-state index contributed by atoms with van der Waals surface area (Å²) >= 11 is 0. The van der Waals surface area contributed by atoms with Gasteiger partial charge in [0.25, 0.3) is 0 Å². The lowest BCUT2D eigenvalue weighted by molar-refractivity contribution is 0.0600.